The van der Waals surface area contributed by atoms with Crippen LogP contribution in [0.3, 0.4) is 0 Å². The molecule has 0 spiro atoms. The zero-order valence-electron chi connectivity index (χ0n) is 17.5. The van der Waals surface area contributed by atoms with Crippen molar-refractivity contribution in [2.24, 2.45) is 10.9 Å². The van der Waals surface area contributed by atoms with E-state index in [0.717, 1.165) is 43.2 Å². The zero-order chi connectivity index (χ0) is 20.5. The number of carbonyl (C=O) groups excluding carboxylic acids is 1. The van der Waals surface area contributed by atoms with Gasteiger partial charge in [-0.2, -0.15) is 0 Å². The Kier molecular flexibility index (Phi) is 9.93. The second kappa shape index (κ2) is 12.4. The number of hydrogen-bond acceptors (Lipinski definition) is 4. The van der Waals surface area contributed by atoms with Crippen molar-refractivity contribution in [3.63, 3.8) is 0 Å². The van der Waals surface area contributed by atoms with E-state index in [9.17, 15) is 4.79 Å². The molecule has 1 N–H and O–H groups in total. The number of nitrogens with one attached hydrogen (secondary N) is 1. The number of likely N-dealkylation sites (tertiary alicyclic amines) is 1. The summed E-state index contributed by atoms with van der Waals surface area (Å²) in [4.78, 5) is 18.3. The lowest BCUT2D eigenvalue weighted by molar-refractivity contribution is -0.146. The number of esters is 1. The normalized spacial score (nSPS) is 14.6. The van der Waals surface area contributed by atoms with Gasteiger partial charge in [0.05, 0.1) is 13.0 Å². The summed E-state index contributed by atoms with van der Waals surface area (Å²) >= 11 is 0. The molecule has 0 aliphatic carbocycles. The van der Waals surface area contributed by atoms with Crippen molar-refractivity contribution >= 4 is 35.9 Å². The Bertz CT molecular complexity index is 821. The Hall–Kier alpha value is -2.29. The van der Waals surface area contributed by atoms with E-state index >= 15 is 0 Å². The SMILES string of the molecule is CN=C(NCc1ccccc1COc1ccccc1)N1CCC(C(=O)OC)CC1.I. The number of halogens is 1. The lowest BCUT2D eigenvalue weighted by Gasteiger charge is -2.33. The predicted molar refractivity (Wildman–Crippen MR) is 129 cm³/mol. The molecule has 1 heterocycles. The molecule has 6 nitrogen and oxygen atoms in total. The highest BCUT2D eigenvalue weighted by molar-refractivity contribution is 14.0. The summed E-state index contributed by atoms with van der Waals surface area (Å²) < 4.78 is 10.8. The first-order valence-corrected chi connectivity index (χ1v) is 9.99. The number of nitrogens with zero attached hydrogens (tertiary/aromatic N) is 2. The predicted octanol–water partition coefficient (Wildman–Crippen LogP) is 3.84. The number of rotatable bonds is 6. The molecule has 0 atom stereocenters. The quantitative estimate of drug-likeness (QED) is 0.270. The first kappa shape index (κ1) is 24.0. The van der Waals surface area contributed by atoms with E-state index in [1.807, 2.05) is 42.5 Å². The van der Waals surface area contributed by atoms with E-state index in [1.165, 1.54) is 12.7 Å². The van der Waals surface area contributed by atoms with Crippen molar-refractivity contribution in [3.8, 4) is 5.75 Å². The van der Waals surface area contributed by atoms with Crippen LogP contribution in [0.2, 0.25) is 0 Å². The molecule has 2 aromatic rings. The monoisotopic (exact) mass is 523 g/mol. The number of aliphatic imine (C=N–C) groups is 1. The van der Waals surface area contributed by atoms with Crippen LogP contribution in [0.15, 0.2) is 59.6 Å². The average Bonchev–Trinajstić information content (AvgIpc) is 2.79. The smallest absolute Gasteiger partial charge is 0.308 e. The molecule has 0 unspecified atom stereocenters. The molecule has 1 aliphatic rings. The highest BCUT2D eigenvalue weighted by Gasteiger charge is 2.26. The first-order valence-electron chi connectivity index (χ1n) is 9.99. The van der Waals surface area contributed by atoms with Crippen LogP contribution in [0.1, 0.15) is 24.0 Å². The van der Waals surface area contributed by atoms with Crippen molar-refractivity contribution in [2.45, 2.75) is 26.0 Å². The second-order valence-electron chi connectivity index (χ2n) is 7.06. The maximum atomic E-state index is 11.7. The van der Waals surface area contributed by atoms with Gasteiger partial charge in [-0.25, -0.2) is 0 Å². The standard InChI is InChI=1S/C23H29N3O3.HI/c1-24-23(26-14-12-18(13-15-26)22(27)28-2)25-16-19-8-6-7-9-20(19)17-29-21-10-4-3-5-11-21;/h3-11,18H,12-17H2,1-2H3,(H,24,25);1H. The minimum Gasteiger partial charge on any atom is -0.489 e. The van der Waals surface area contributed by atoms with Gasteiger partial charge in [-0.3, -0.25) is 9.79 Å². The van der Waals surface area contributed by atoms with Gasteiger partial charge in [0.1, 0.15) is 12.4 Å². The Morgan fingerprint density at radius 3 is 2.33 bits per heavy atom. The molecule has 30 heavy (non-hydrogen) atoms. The van der Waals surface area contributed by atoms with E-state index in [4.69, 9.17) is 9.47 Å². The number of ether oxygens (including phenoxy) is 2. The van der Waals surface area contributed by atoms with Gasteiger partial charge in [0.25, 0.3) is 0 Å². The molecular formula is C23H30IN3O3. The van der Waals surface area contributed by atoms with Crippen molar-refractivity contribution in [3.05, 3.63) is 65.7 Å². The lowest BCUT2D eigenvalue weighted by atomic mass is 9.97. The van der Waals surface area contributed by atoms with E-state index < -0.39 is 0 Å². The Morgan fingerprint density at radius 1 is 1.07 bits per heavy atom. The highest BCUT2D eigenvalue weighted by Crippen LogP contribution is 2.19. The summed E-state index contributed by atoms with van der Waals surface area (Å²) in [6.07, 6.45) is 1.57. The maximum absolute atomic E-state index is 11.7. The third-order valence-electron chi connectivity index (χ3n) is 5.23. The van der Waals surface area contributed by atoms with Crippen LogP contribution in [-0.2, 0) is 22.7 Å². The Morgan fingerprint density at radius 2 is 1.70 bits per heavy atom. The fourth-order valence-corrected chi connectivity index (χ4v) is 3.55. The largest absolute Gasteiger partial charge is 0.489 e. The minimum atomic E-state index is -0.111. The van der Waals surface area contributed by atoms with Gasteiger partial charge >= 0.3 is 5.97 Å². The number of carbonyl (C=O) groups is 1. The summed E-state index contributed by atoms with van der Waals surface area (Å²) in [7, 11) is 3.24. The van der Waals surface area contributed by atoms with E-state index in [0.29, 0.717) is 13.2 Å². The average molecular weight is 523 g/mol. The molecule has 3 rings (SSSR count). The molecule has 162 valence electrons. The van der Waals surface area contributed by atoms with Crippen LogP contribution in [0.25, 0.3) is 0 Å². The summed E-state index contributed by atoms with van der Waals surface area (Å²) in [5.41, 5.74) is 2.32. The minimum absolute atomic E-state index is 0. The van der Waals surface area contributed by atoms with Gasteiger partial charge in [-0.1, -0.05) is 42.5 Å². The third kappa shape index (κ3) is 6.62. The molecule has 7 heteroatoms. The first-order chi connectivity index (χ1) is 14.2. The van der Waals surface area contributed by atoms with Gasteiger partial charge in [-0.15, -0.1) is 24.0 Å². The Labute approximate surface area is 195 Å². The summed E-state index contributed by atoms with van der Waals surface area (Å²) in [5, 5.41) is 3.46. The number of hydrogen-bond donors (Lipinski definition) is 1. The van der Waals surface area contributed by atoms with Crippen molar-refractivity contribution in [1.82, 2.24) is 10.2 Å². The van der Waals surface area contributed by atoms with Crippen LogP contribution in [-0.4, -0.2) is 44.1 Å². The molecule has 0 radical (unpaired) electrons. The summed E-state index contributed by atoms with van der Waals surface area (Å²) in [6, 6.07) is 18.1. The van der Waals surface area contributed by atoms with E-state index in [-0.39, 0.29) is 35.9 Å². The maximum Gasteiger partial charge on any atom is 0.308 e. The fourth-order valence-electron chi connectivity index (χ4n) is 3.55. The van der Waals surface area contributed by atoms with Gasteiger partial charge in [-0.05, 0) is 36.1 Å². The molecule has 0 bridgehead atoms. The molecule has 0 saturated carbocycles. The van der Waals surface area contributed by atoms with Gasteiger partial charge in [0.2, 0.25) is 0 Å². The molecule has 1 aliphatic heterocycles. The van der Waals surface area contributed by atoms with Crippen LogP contribution in [0, 0.1) is 5.92 Å². The number of methoxy groups -OCH3 is 1. The van der Waals surface area contributed by atoms with Crippen LogP contribution in [0.5, 0.6) is 5.75 Å². The number of guanidine groups is 1. The lowest BCUT2D eigenvalue weighted by Crippen LogP contribution is -2.46. The van der Waals surface area contributed by atoms with Gasteiger partial charge in [0, 0.05) is 26.7 Å². The molecule has 1 saturated heterocycles. The fraction of sp³-hybridized carbons (Fsp3) is 0.391. The molecule has 0 aromatic heterocycles. The molecular weight excluding hydrogens is 493 g/mol. The highest BCUT2D eigenvalue weighted by atomic mass is 127. The third-order valence-corrected chi connectivity index (χ3v) is 5.23. The van der Waals surface area contributed by atoms with Crippen LogP contribution < -0.4 is 10.1 Å². The Balaban J connectivity index is 0.00000320. The molecule has 2 aromatic carbocycles. The van der Waals surface area contributed by atoms with Gasteiger partial charge < -0.3 is 19.7 Å². The molecule has 1 fully saturated rings. The number of benzene rings is 2. The van der Waals surface area contributed by atoms with E-state index in [2.05, 4.69) is 27.3 Å². The summed E-state index contributed by atoms with van der Waals surface area (Å²) in [5.74, 6) is 1.59. The topological polar surface area (TPSA) is 63.2 Å². The van der Waals surface area contributed by atoms with Crippen LogP contribution in [0.4, 0.5) is 0 Å². The number of para-hydroxylation sites is 1. The van der Waals surface area contributed by atoms with Crippen molar-refractivity contribution < 1.29 is 14.3 Å². The van der Waals surface area contributed by atoms with Crippen LogP contribution >= 0.6 is 24.0 Å². The van der Waals surface area contributed by atoms with Crippen molar-refractivity contribution in [2.75, 3.05) is 27.2 Å². The van der Waals surface area contributed by atoms with E-state index in [1.54, 1.807) is 7.05 Å². The number of piperidine rings is 1. The molecule has 0 amide bonds. The summed E-state index contributed by atoms with van der Waals surface area (Å²) in [6.45, 7) is 2.76. The van der Waals surface area contributed by atoms with Crippen molar-refractivity contribution in [1.29, 1.82) is 0 Å². The zero-order valence-corrected chi connectivity index (χ0v) is 19.9. The second-order valence-corrected chi connectivity index (χ2v) is 7.06. The van der Waals surface area contributed by atoms with Gasteiger partial charge in [0.15, 0.2) is 5.96 Å².